The zero-order valence-corrected chi connectivity index (χ0v) is 21.4. The number of carbonyl (C=O) groups excluding carboxylic acids is 2. The van der Waals surface area contributed by atoms with Crippen molar-refractivity contribution in [2.24, 2.45) is 4.99 Å². The number of rotatable bonds is 4. The molecule has 0 radical (unpaired) electrons. The van der Waals surface area contributed by atoms with Gasteiger partial charge in [-0.3, -0.25) is 15.0 Å². The third-order valence-electron chi connectivity index (χ3n) is 5.27. The second-order valence-corrected chi connectivity index (χ2v) is 9.43. The highest BCUT2D eigenvalue weighted by Crippen LogP contribution is 2.39. The number of para-hydroxylation sites is 1. The summed E-state index contributed by atoms with van der Waals surface area (Å²) in [5.74, 6) is -0.542. The molecule has 4 aromatic rings. The van der Waals surface area contributed by atoms with Gasteiger partial charge in [0.25, 0.3) is 5.91 Å². The van der Waals surface area contributed by atoms with Gasteiger partial charge in [0.15, 0.2) is 11.9 Å². The Balaban J connectivity index is 1.67. The first-order valence-corrected chi connectivity index (χ1v) is 11.9. The molecule has 0 aliphatic carbocycles. The molecule has 0 spiro atoms. The molecule has 1 aliphatic rings. The van der Waals surface area contributed by atoms with E-state index in [1.165, 1.54) is 28.7 Å². The number of hydrogen-bond donors (Lipinski definition) is 2. The van der Waals surface area contributed by atoms with Crippen molar-refractivity contribution in [2.45, 2.75) is 13.0 Å². The Morgan fingerprint density at radius 1 is 1.03 bits per heavy atom. The molecule has 0 bridgehead atoms. The molecule has 1 aliphatic heterocycles. The largest absolute Gasteiger partial charge is 0.326 e. The minimum atomic E-state index is -1.05. The first kappa shape index (κ1) is 24.3. The maximum absolute atomic E-state index is 13.8. The van der Waals surface area contributed by atoms with Gasteiger partial charge in [-0.25, -0.2) is 14.7 Å². The van der Waals surface area contributed by atoms with E-state index in [9.17, 15) is 9.59 Å². The van der Waals surface area contributed by atoms with Crippen LogP contribution < -0.4 is 15.8 Å². The summed E-state index contributed by atoms with van der Waals surface area (Å²) in [4.78, 5) is 29.9. The van der Waals surface area contributed by atoms with Crippen molar-refractivity contribution in [3.05, 3.63) is 74.7 Å². The van der Waals surface area contributed by atoms with Crippen molar-refractivity contribution in [3.63, 3.8) is 0 Å². The molecule has 2 amide bonds. The predicted molar refractivity (Wildman–Crippen MR) is 142 cm³/mol. The molecule has 1 saturated heterocycles. The molecule has 13 heteroatoms. The summed E-state index contributed by atoms with van der Waals surface area (Å²) >= 11 is 25.3. The first-order chi connectivity index (χ1) is 17.2. The monoisotopic (exact) mass is 561 g/mol. The fourth-order valence-electron chi connectivity index (χ4n) is 3.78. The lowest BCUT2D eigenvalue weighted by molar-refractivity contribution is -0.119. The van der Waals surface area contributed by atoms with E-state index in [0.717, 1.165) is 0 Å². The van der Waals surface area contributed by atoms with Crippen LogP contribution in [-0.2, 0) is 9.59 Å². The van der Waals surface area contributed by atoms with Crippen LogP contribution in [0.5, 0.6) is 0 Å². The van der Waals surface area contributed by atoms with Crippen molar-refractivity contribution < 1.29 is 9.59 Å². The van der Waals surface area contributed by atoms with E-state index in [2.05, 4.69) is 26.0 Å². The number of aliphatic imine (C=N–C) groups is 1. The highest BCUT2D eigenvalue weighted by Gasteiger charge is 2.43. The van der Waals surface area contributed by atoms with Crippen LogP contribution in [0.15, 0.2) is 59.6 Å². The number of anilines is 2. The lowest BCUT2D eigenvalue weighted by Gasteiger charge is -2.19. The molecular weight excluding hydrogens is 548 g/mol. The molecule has 1 atom stereocenters. The van der Waals surface area contributed by atoms with E-state index < -0.39 is 11.9 Å². The highest BCUT2D eigenvalue weighted by atomic mass is 35.5. The Hall–Kier alpha value is -3.37. The van der Waals surface area contributed by atoms with E-state index in [1.54, 1.807) is 30.3 Å². The third kappa shape index (κ3) is 4.46. The molecule has 36 heavy (non-hydrogen) atoms. The Morgan fingerprint density at radius 2 is 1.75 bits per heavy atom. The minimum absolute atomic E-state index is 0.155. The summed E-state index contributed by atoms with van der Waals surface area (Å²) in [6, 6.07) is 13.9. The molecule has 0 saturated carbocycles. The second kappa shape index (κ2) is 9.59. The van der Waals surface area contributed by atoms with Crippen molar-refractivity contribution in [1.82, 2.24) is 20.4 Å². The molecule has 182 valence electrons. The maximum Gasteiger partial charge on any atom is 0.278 e. The van der Waals surface area contributed by atoms with Gasteiger partial charge in [0.1, 0.15) is 11.2 Å². The number of aromatic nitrogens is 3. The van der Waals surface area contributed by atoms with Crippen molar-refractivity contribution in [1.29, 1.82) is 0 Å². The number of amidine groups is 1. The van der Waals surface area contributed by atoms with Crippen molar-refractivity contribution in [3.8, 4) is 0 Å². The van der Waals surface area contributed by atoms with E-state index in [-0.39, 0.29) is 27.5 Å². The topological polar surface area (TPSA) is 105 Å². The Bertz CT molecular complexity index is 1550. The molecule has 1 aromatic heterocycles. The van der Waals surface area contributed by atoms with Crippen LogP contribution in [0.2, 0.25) is 20.1 Å². The molecule has 1 fully saturated rings. The van der Waals surface area contributed by atoms with E-state index >= 15 is 0 Å². The molecule has 2 heterocycles. The van der Waals surface area contributed by atoms with Crippen LogP contribution >= 0.6 is 46.4 Å². The van der Waals surface area contributed by atoms with Gasteiger partial charge in [-0.2, -0.15) is 0 Å². The van der Waals surface area contributed by atoms with Crippen LogP contribution in [-0.4, -0.2) is 32.6 Å². The molecule has 3 aromatic carbocycles. The van der Waals surface area contributed by atoms with Gasteiger partial charge in [0, 0.05) is 17.6 Å². The number of hydrogen-bond acceptors (Lipinski definition) is 5. The number of amides is 2. The lowest BCUT2D eigenvalue weighted by atomic mass is 10.2. The van der Waals surface area contributed by atoms with Crippen LogP contribution in [0.4, 0.5) is 17.1 Å². The highest BCUT2D eigenvalue weighted by molar-refractivity contribution is 6.43. The maximum atomic E-state index is 13.8. The number of hydrazine groups is 1. The second-order valence-electron chi connectivity index (χ2n) is 7.77. The molecule has 9 nitrogen and oxygen atoms in total. The number of fused-ring (bicyclic) bond motifs is 1. The molecule has 5 rings (SSSR count). The van der Waals surface area contributed by atoms with E-state index in [4.69, 9.17) is 46.4 Å². The van der Waals surface area contributed by atoms with Crippen LogP contribution in [0.25, 0.3) is 11.0 Å². The average Bonchev–Trinajstić information content (AvgIpc) is 3.36. The standard InChI is InChI=1S/C23H15Cl4N7O2/c1-11(35)28-13-6-7-14(25)18(10-13)29-22-21(33-19-5-3-2-4-17(19)30-32-33)23(36)34(31-22)20-15(26)8-12(24)9-16(20)27/h2-10,21H,1H3,(H,28,35)(H,29,31). The van der Waals surface area contributed by atoms with Crippen LogP contribution in [0, 0.1) is 0 Å². The third-order valence-corrected chi connectivity index (χ3v) is 6.39. The Kier molecular flexibility index (Phi) is 6.48. The van der Waals surface area contributed by atoms with Gasteiger partial charge < -0.3 is 5.32 Å². The number of halogens is 4. The van der Waals surface area contributed by atoms with Gasteiger partial charge in [-0.15, -0.1) is 5.10 Å². The molecule has 1 unspecified atom stereocenters. The average molecular weight is 563 g/mol. The number of carbonyl (C=O) groups is 2. The zero-order chi connectivity index (χ0) is 25.6. The fraction of sp³-hybridized carbons (Fsp3) is 0.0870. The normalized spacial score (nSPS) is 16.6. The van der Waals surface area contributed by atoms with E-state index in [0.29, 0.717) is 32.5 Å². The number of nitrogens with zero attached hydrogens (tertiary/aromatic N) is 5. The van der Waals surface area contributed by atoms with Gasteiger partial charge in [-0.1, -0.05) is 63.7 Å². The Morgan fingerprint density at radius 3 is 2.47 bits per heavy atom. The van der Waals surface area contributed by atoms with Gasteiger partial charge in [-0.05, 0) is 42.5 Å². The summed E-state index contributed by atoms with van der Waals surface area (Å²) in [7, 11) is 0. The number of nitrogens with one attached hydrogen (secondary N) is 2. The quantitative estimate of drug-likeness (QED) is 0.326. The Labute approximate surface area is 224 Å². The zero-order valence-electron chi connectivity index (χ0n) is 18.3. The minimum Gasteiger partial charge on any atom is -0.326 e. The van der Waals surface area contributed by atoms with E-state index in [1.807, 2.05) is 12.1 Å². The first-order valence-electron chi connectivity index (χ1n) is 10.4. The van der Waals surface area contributed by atoms with Crippen LogP contribution in [0.3, 0.4) is 0 Å². The predicted octanol–water partition coefficient (Wildman–Crippen LogP) is 5.83. The molecule has 2 N–H and O–H groups in total. The van der Waals surface area contributed by atoms with Gasteiger partial charge in [0.05, 0.1) is 26.3 Å². The fourth-order valence-corrected chi connectivity index (χ4v) is 4.92. The van der Waals surface area contributed by atoms with Crippen molar-refractivity contribution >= 4 is 92.1 Å². The lowest BCUT2D eigenvalue weighted by Crippen LogP contribution is -2.36. The van der Waals surface area contributed by atoms with Gasteiger partial charge >= 0.3 is 0 Å². The van der Waals surface area contributed by atoms with Gasteiger partial charge in [0.2, 0.25) is 5.91 Å². The summed E-state index contributed by atoms with van der Waals surface area (Å²) < 4.78 is 1.45. The SMILES string of the molecule is CC(=O)Nc1ccc(Cl)c(N=C2NN(c3c(Cl)cc(Cl)cc3Cl)C(=O)C2n2nnc3ccccc32)c1. The summed E-state index contributed by atoms with van der Waals surface area (Å²) in [5, 5.41) is 13.2. The summed E-state index contributed by atoms with van der Waals surface area (Å²) in [6.45, 7) is 1.39. The summed E-state index contributed by atoms with van der Waals surface area (Å²) in [5.41, 5.74) is 5.18. The van der Waals surface area contributed by atoms with Crippen LogP contribution in [0.1, 0.15) is 13.0 Å². The molecular formula is C23H15Cl4N7O2. The van der Waals surface area contributed by atoms with Crippen molar-refractivity contribution in [2.75, 3.05) is 10.3 Å². The summed E-state index contributed by atoms with van der Waals surface area (Å²) in [6.07, 6.45) is 0. The smallest absolute Gasteiger partial charge is 0.278 e. The number of benzene rings is 3.